The van der Waals surface area contributed by atoms with E-state index in [9.17, 15) is 0 Å². The van der Waals surface area contributed by atoms with Crippen molar-refractivity contribution < 1.29 is 4.74 Å². The number of hydrogen-bond donors (Lipinski definition) is 1. The van der Waals surface area contributed by atoms with Gasteiger partial charge in [-0.3, -0.25) is 0 Å². The van der Waals surface area contributed by atoms with Crippen LogP contribution in [-0.2, 0) is 6.54 Å². The molecule has 21 heavy (non-hydrogen) atoms. The molecule has 0 amide bonds. The fourth-order valence-electron chi connectivity index (χ4n) is 3.04. The molecule has 1 aromatic heterocycles. The van der Waals surface area contributed by atoms with E-state index in [1.165, 1.54) is 12.8 Å². The molecule has 0 bridgehead atoms. The maximum absolute atomic E-state index is 6.19. The number of ether oxygens (including phenoxy) is 1. The first kappa shape index (κ1) is 14.3. The molecular formula is C18H24N2O. The highest BCUT2D eigenvalue weighted by atomic mass is 16.5. The molecule has 1 aromatic carbocycles. The SMILES string of the molecule is CC1(C)CCC(Oc2nc3ccccc3cc2CN)CC1. The molecule has 1 fully saturated rings. The molecule has 0 aliphatic heterocycles. The van der Waals surface area contributed by atoms with E-state index in [0.29, 0.717) is 12.0 Å². The van der Waals surface area contributed by atoms with Crippen LogP contribution < -0.4 is 10.5 Å². The van der Waals surface area contributed by atoms with Crippen molar-refractivity contribution in [3.05, 3.63) is 35.9 Å². The van der Waals surface area contributed by atoms with Gasteiger partial charge in [-0.05, 0) is 43.2 Å². The molecule has 3 rings (SSSR count). The minimum absolute atomic E-state index is 0.275. The van der Waals surface area contributed by atoms with E-state index in [1.54, 1.807) is 0 Å². The summed E-state index contributed by atoms with van der Waals surface area (Å²) in [6.07, 6.45) is 4.90. The van der Waals surface area contributed by atoms with Crippen LogP contribution in [0.3, 0.4) is 0 Å². The van der Waals surface area contributed by atoms with Crippen LogP contribution >= 0.6 is 0 Å². The first-order valence-electron chi connectivity index (χ1n) is 7.83. The quantitative estimate of drug-likeness (QED) is 0.925. The lowest BCUT2D eigenvalue weighted by Gasteiger charge is -2.34. The molecule has 1 saturated carbocycles. The molecule has 0 radical (unpaired) electrons. The summed E-state index contributed by atoms with van der Waals surface area (Å²) in [7, 11) is 0. The Morgan fingerprint density at radius 3 is 2.67 bits per heavy atom. The smallest absolute Gasteiger partial charge is 0.218 e. The van der Waals surface area contributed by atoms with Crippen molar-refractivity contribution in [3.63, 3.8) is 0 Å². The van der Waals surface area contributed by atoms with Gasteiger partial charge in [0.25, 0.3) is 0 Å². The van der Waals surface area contributed by atoms with Crippen LogP contribution in [0.25, 0.3) is 10.9 Å². The summed E-state index contributed by atoms with van der Waals surface area (Å²) in [5, 5.41) is 1.12. The monoisotopic (exact) mass is 284 g/mol. The molecule has 112 valence electrons. The highest BCUT2D eigenvalue weighted by Gasteiger charge is 2.28. The summed E-state index contributed by atoms with van der Waals surface area (Å²) in [6.45, 7) is 5.14. The zero-order valence-corrected chi connectivity index (χ0v) is 12.9. The summed E-state index contributed by atoms with van der Waals surface area (Å²) in [6, 6.07) is 10.2. The first-order valence-corrected chi connectivity index (χ1v) is 7.83. The lowest BCUT2D eigenvalue weighted by Crippen LogP contribution is -2.29. The Morgan fingerprint density at radius 1 is 1.24 bits per heavy atom. The van der Waals surface area contributed by atoms with Crippen molar-refractivity contribution in [2.45, 2.75) is 52.2 Å². The summed E-state index contributed by atoms with van der Waals surface area (Å²) >= 11 is 0. The standard InChI is InChI=1S/C18H24N2O/c1-18(2)9-7-15(8-10-18)21-17-14(12-19)11-13-5-3-4-6-16(13)20-17/h3-6,11,15H,7-10,12,19H2,1-2H3. The lowest BCUT2D eigenvalue weighted by atomic mass is 9.76. The van der Waals surface area contributed by atoms with Gasteiger partial charge in [0.1, 0.15) is 6.10 Å². The first-order chi connectivity index (χ1) is 10.1. The Labute approximate surface area is 126 Å². The number of para-hydroxylation sites is 1. The van der Waals surface area contributed by atoms with E-state index in [-0.39, 0.29) is 6.10 Å². The molecule has 2 N–H and O–H groups in total. The summed E-state index contributed by atoms with van der Waals surface area (Å²) in [5.41, 5.74) is 8.29. The van der Waals surface area contributed by atoms with Gasteiger partial charge >= 0.3 is 0 Å². The zero-order valence-electron chi connectivity index (χ0n) is 12.9. The third-order valence-corrected chi connectivity index (χ3v) is 4.55. The van der Waals surface area contributed by atoms with Crippen LogP contribution in [0, 0.1) is 5.41 Å². The van der Waals surface area contributed by atoms with Gasteiger partial charge in [0.05, 0.1) is 5.52 Å². The third kappa shape index (κ3) is 3.18. The summed E-state index contributed by atoms with van der Waals surface area (Å²) < 4.78 is 6.19. The highest BCUT2D eigenvalue weighted by Crippen LogP contribution is 2.37. The zero-order chi connectivity index (χ0) is 14.9. The Morgan fingerprint density at radius 2 is 1.95 bits per heavy atom. The fourth-order valence-corrected chi connectivity index (χ4v) is 3.04. The molecule has 3 heteroatoms. The number of hydrogen-bond acceptors (Lipinski definition) is 3. The van der Waals surface area contributed by atoms with Crippen molar-refractivity contribution >= 4 is 10.9 Å². The van der Waals surface area contributed by atoms with Crippen LogP contribution in [0.15, 0.2) is 30.3 Å². The number of benzene rings is 1. The maximum Gasteiger partial charge on any atom is 0.218 e. The molecule has 1 aliphatic rings. The molecule has 2 aromatic rings. The number of rotatable bonds is 3. The van der Waals surface area contributed by atoms with Gasteiger partial charge in [0, 0.05) is 17.5 Å². The van der Waals surface area contributed by atoms with Gasteiger partial charge in [-0.1, -0.05) is 32.0 Å². The largest absolute Gasteiger partial charge is 0.474 e. The van der Waals surface area contributed by atoms with Crippen molar-refractivity contribution in [1.29, 1.82) is 0 Å². The normalized spacial score (nSPS) is 18.8. The Balaban J connectivity index is 1.83. The van der Waals surface area contributed by atoms with Crippen LogP contribution in [-0.4, -0.2) is 11.1 Å². The summed E-state index contributed by atoms with van der Waals surface area (Å²) in [5.74, 6) is 0.723. The van der Waals surface area contributed by atoms with Crippen molar-refractivity contribution in [1.82, 2.24) is 4.98 Å². The topological polar surface area (TPSA) is 48.1 Å². The number of aromatic nitrogens is 1. The van der Waals surface area contributed by atoms with Gasteiger partial charge in [-0.2, -0.15) is 0 Å². The van der Waals surface area contributed by atoms with E-state index in [0.717, 1.165) is 35.2 Å². The van der Waals surface area contributed by atoms with Crippen LogP contribution in [0.2, 0.25) is 0 Å². The second-order valence-corrected chi connectivity index (χ2v) is 6.83. The van der Waals surface area contributed by atoms with Crippen LogP contribution in [0.1, 0.15) is 45.1 Å². The molecule has 3 nitrogen and oxygen atoms in total. The Bertz CT molecular complexity index is 626. The number of pyridine rings is 1. The van der Waals surface area contributed by atoms with Crippen LogP contribution in [0.5, 0.6) is 5.88 Å². The van der Waals surface area contributed by atoms with Gasteiger partial charge in [0.2, 0.25) is 5.88 Å². The lowest BCUT2D eigenvalue weighted by molar-refractivity contribution is 0.0943. The average molecular weight is 284 g/mol. The molecule has 0 spiro atoms. The number of fused-ring (bicyclic) bond motifs is 1. The van der Waals surface area contributed by atoms with Crippen molar-refractivity contribution in [2.75, 3.05) is 0 Å². The Hall–Kier alpha value is -1.61. The second-order valence-electron chi connectivity index (χ2n) is 6.83. The van der Waals surface area contributed by atoms with Crippen molar-refractivity contribution in [2.24, 2.45) is 11.1 Å². The number of nitrogens with two attached hydrogens (primary N) is 1. The minimum atomic E-state index is 0.275. The predicted molar refractivity (Wildman–Crippen MR) is 86.3 cm³/mol. The molecule has 0 atom stereocenters. The van der Waals surface area contributed by atoms with E-state index in [2.05, 4.69) is 31.0 Å². The van der Waals surface area contributed by atoms with Gasteiger partial charge < -0.3 is 10.5 Å². The third-order valence-electron chi connectivity index (χ3n) is 4.55. The summed E-state index contributed by atoms with van der Waals surface area (Å²) in [4.78, 5) is 4.67. The average Bonchev–Trinajstić information content (AvgIpc) is 2.48. The van der Waals surface area contributed by atoms with Gasteiger partial charge in [0.15, 0.2) is 0 Å². The van der Waals surface area contributed by atoms with Crippen molar-refractivity contribution in [3.8, 4) is 5.88 Å². The molecular weight excluding hydrogens is 260 g/mol. The number of nitrogens with zero attached hydrogens (tertiary/aromatic N) is 1. The van der Waals surface area contributed by atoms with E-state index >= 15 is 0 Å². The van der Waals surface area contributed by atoms with E-state index in [1.807, 2.05) is 18.2 Å². The molecule has 1 aliphatic carbocycles. The van der Waals surface area contributed by atoms with E-state index < -0.39 is 0 Å². The molecule has 0 saturated heterocycles. The Kier molecular flexibility index (Phi) is 3.85. The fraction of sp³-hybridized carbons (Fsp3) is 0.500. The molecule has 0 unspecified atom stereocenters. The predicted octanol–water partition coefficient (Wildman–Crippen LogP) is 4.04. The minimum Gasteiger partial charge on any atom is -0.474 e. The van der Waals surface area contributed by atoms with Gasteiger partial charge in [-0.25, -0.2) is 4.98 Å². The molecule has 1 heterocycles. The van der Waals surface area contributed by atoms with E-state index in [4.69, 9.17) is 10.5 Å². The van der Waals surface area contributed by atoms with Gasteiger partial charge in [-0.15, -0.1) is 0 Å². The highest BCUT2D eigenvalue weighted by molar-refractivity contribution is 5.80. The second kappa shape index (κ2) is 5.64. The van der Waals surface area contributed by atoms with Crippen LogP contribution in [0.4, 0.5) is 0 Å². The maximum atomic E-state index is 6.19.